The first kappa shape index (κ1) is 17.0. The van der Waals surface area contributed by atoms with E-state index in [9.17, 15) is 9.90 Å². The van der Waals surface area contributed by atoms with Crippen LogP contribution in [0.1, 0.15) is 37.8 Å². The summed E-state index contributed by atoms with van der Waals surface area (Å²) >= 11 is 0. The number of hydrogen-bond acceptors (Lipinski definition) is 3. The van der Waals surface area contributed by atoms with Gasteiger partial charge in [0, 0.05) is 6.54 Å². The van der Waals surface area contributed by atoms with Crippen LogP contribution in [0.2, 0.25) is 0 Å². The van der Waals surface area contributed by atoms with Gasteiger partial charge in [-0.15, -0.1) is 0 Å². The van der Waals surface area contributed by atoms with Crippen LogP contribution in [0.3, 0.4) is 0 Å². The predicted octanol–water partition coefficient (Wildman–Crippen LogP) is 2.09. The fourth-order valence-electron chi connectivity index (χ4n) is 3.00. The number of nitrogens with zero attached hydrogens (tertiary/aromatic N) is 1. The van der Waals surface area contributed by atoms with E-state index in [0.29, 0.717) is 12.5 Å². The highest BCUT2D eigenvalue weighted by Crippen LogP contribution is 2.21. The Morgan fingerprint density at radius 3 is 2.41 bits per heavy atom. The predicted molar refractivity (Wildman–Crippen MR) is 88.5 cm³/mol. The van der Waals surface area contributed by atoms with Crippen molar-refractivity contribution in [2.75, 3.05) is 13.1 Å². The van der Waals surface area contributed by atoms with E-state index in [0.717, 1.165) is 31.5 Å². The quantitative estimate of drug-likeness (QED) is 0.876. The van der Waals surface area contributed by atoms with Gasteiger partial charge in [-0.1, -0.05) is 29.8 Å². The zero-order chi connectivity index (χ0) is 16.1. The van der Waals surface area contributed by atoms with Gasteiger partial charge in [-0.05, 0) is 58.2 Å². The van der Waals surface area contributed by atoms with Crippen LogP contribution in [-0.4, -0.2) is 41.1 Å². The van der Waals surface area contributed by atoms with Gasteiger partial charge >= 0.3 is 0 Å². The summed E-state index contributed by atoms with van der Waals surface area (Å²) in [7, 11) is 0. The normalized spacial score (nSPS) is 19.6. The van der Waals surface area contributed by atoms with Crippen LogP contribution >= 0.6 is 0 Å². The zero-order valence-electron chi connectivity index (χ0n) is 13.9. The standard InChI is InChI=1S/C18H28N2O2/c1-13-4-6-16(7-5-13)12-19-18(22)14(2)20-10-8-17(9-11-20)15(3)21/h4-7,14-15,17,21H,8-12H2,1-3H3,(H,19,22). The van der Waals surface area contributed by atoms with Crippen LogP contribution in [0.15, 0.2) is 24.3 Å². The van der Waals surface area contributed by atoms with Crippen molar-refractivity contribution in [3.05, 3.63) is 35.4 Å². The van der Waals surface area contributed by atoms with E-state index in [2.05, 4.69) is 41.4 Å². The van der Waals surface area contributed by atoms with Gasteiger partial charge < -0.3 is 10.4 Å². The van der Waals surface area contributed by atoms with Crippen LogP contribution in [0, 0.1) is 12.8 Å². The minimum atomic E-state index is -0.243. The summed E-state index contributed by atoms with van der Waals surface area (Å²) in [5.74, 6) is 0.454. The number of carbonyl (C=O) groups is 1. The number of amides is 1. The van der Waals surface area contributed by atoms with Gasteiger partial charge in [-0.3, -0.25) is 9.69 Å². The monoisotopic (exact) mass is 304 g/mol. The van der Waals surface area contributed by atoms with Crippen molar-refractivity contribution in [1.82, 2.24) is 10.2 Å². The third-order valence-electron chi connectivity index (χ3n) is 4.77. The maximum absolute atomic E-state index is 12.3. The molecule has 0 aliphatic carbocycles. The summed E-state index contributed by atoms with van der Waals surface area (Å²) in [5, 5.41) is 12.7. The Balaban J connectivity index is 1.78. The summed E-state index contributed by atoms with van der Waals surface area (Å²) in [6.45, 7) is 8.23. The first-order valence-corrected chi connectivity index (χ1v) is 8.22. The van der Waals surface area contributed by atoms with Gasteiger partial charge in [0.2, 0.25) is 5.91 Å². The third-order valence-corrected chi connectivity index (χ3v) is 4.77. The van der Waals surface area contributed by atoms with Crippen LogP contribution < -0.4 is 5.32 Å². The molecule has 122 valence electrons. The molecule has 0 radical (unpaired) electrons. The summed E-state index contributed by atoms with van der Waals surface area (Å²) in [6, 6.07) is 8.11. The molecule has 0 bridgehead atoms. The number of aliphatic hydroxyl groups excluding tert-OH is 1. The molecule has 1 aliphatic rings. The van der Waals surface area contributed by atoms with Crippen molar-refractivity contribution in [2.24, 2.45) is 5.92 Å². The van der Waals surface area contributed by atoms with Crippen LogP contribution in [0.25, 0.3) is 0 Å². The number of hydrogen-bond donors (Lipinski definition) is 2. The Morgan fingerprint density at radius 1 is 1.27 bits per heavy atom. The lowest BCUT2D eigenvalue weighted by Gasteiger charge is -2.36. The Bertz CT molecular complexity index is 476. The summed E-state index contributed by atoms with van der Waals surface area (Å²) in [4.78, 5) is 14.5. The van der Waals surface area contributed by atoms with Crippen molar-refractivity contribution in [3.63, 3.8) is 0 Å². The molecule has 1 aromatic rings. The van der Waals surface area contributed by atoms with Gasteiger partial charge in [-0.2, -0.15) is 0 Å². The first-order chi connectivity index (χ1) is 10.5. The van der Waals surface area contributed by atoms with E-state index in [1.165, 1.54) is 5.56 Å². The molecule has 2 rings (SSSR count). The number of benzene rings is 1. The average Bonchev–Trinajstić information content (AvgIpc) is 2.53. The smallest absolute Gasteiger partial charge is 0.237 e. The van der Waals surface area contributed by atoms with Gasteiger partial charge in [0.1, 0.15) is 0 Å². The van der Waals surface area contributed by atoms with Crippen molar-refractivity contribution in [2.45, 2.75) is 52.3 Å². The fourth-order valence-corrected chi connectivity index (χ4v) is 3.00. The molecule has 2 atom stereocenters. The summed E-state index contributed by atoms with van der Waals surface area (Å²) in [6.07, 6.45) is 1.69. The highest BCUT2D eigenvalue weighted by atomic mass is 16.3. The molecular formula is C18H28N2O2. The molecule has 0 saturated carbocycles. The maximum Gasteiger partial charge on any atom is 0.237 e. The number of piperidine rings is 1. The largest absolute Gasteiger partial charge is 0.393 e. The molecule has 1 aromatic carbocycles. The van der Waals surface area contributed by atoms with Crippen LogP contribution in [-0.2, 0) is 11.3 Å². The minimum Gasteiger partial charge on any atom is -0.393 e. The number of likely N-dealkylation sites (tertiary alicyclic amines) is 1. The Kier molecular flexibility index (Phi) is 5.98. The fraction of sp³-hybridized carbons (Fsp3) is 0.611. The van der Waals surface area contributed by atoms with Crippen LogP contribution in [0.5, 0.6) is 0 Å². The molecule has 1 aliphatic heterocycles. The molecule has 1 amide bonds. The van der Waals surface area contributed by atoms with E-state index in [1.54, 1.807) is 0 Å². The lowest BCUT2D eigenvalue weighted by molar-refractivity contribution is -0.126. The number of rotatable bonds is 5. The second-order valence-corrected chi connectivity index (χ2v) is 6.49. The number of aliphatic hydroxyl groups is 1. The van der Waals surface area contributed by atoms with Crippen molar-refractivity contribution >= 4 is 5.91 Å². The number of aryl methyl sites for hydroxylation is 1. The molecule has 1 fully saturated rings. The summed E-state index contributed by atoms with van der Waals surface area (Å²) < 4.78 is 0. The van der Waals surface area contributed by atoms with Gasteiger partial charge in [0.05, 0.1) is 12.1 Å². The lowest BCUT2D eigenvalue weighted by atomic mass is 9.91. The van der Waals surface area contributed by atoms with E-state index >= 15 is 0 Å². The Labute approximate surface area is 133 Å². The lowest BCUT2D eigenvalue weighted by Crippen LogP contribution is -2.49. The van der Waals surface area contributed by atoms with E-state index < -0.39 is 0 Å². The van der Waals surface area contributed by atoms with Gasteiger partial charge in [0.15, 0.2) is 0 Å². The molecule has 4 heteroatoms. The zero-order valence-corrected chi connectivity index (χ0v) is 13.9. The Hall–Kier alpha value is -1.39. The molecule has 2 unspecified atom stereocenters. The van der Waals surface area contributed by atoms with Gasteiger partial charge in [-0.25, -0.2) is 0 Å². The number of nitrogens with one attached hydrogen (secondary N) is 1. The molecule has 4 nitrogen and oxygen atoms in total. The molecule has 1 saturated heterocycles. The van der Waals surface area contributed by atoms with Crippen LogP contribution in [0.4, 0.5) is 0 Å². The van der Waals surface area contributed by atoms with E-state index in [1.807, 2.05) is 13.8 Å². The SMILES string of the molecule is Cc1ccc(CNC(=O)C(C)N2CCC(C(C)O)CC2)cc1. The second kappa shape index (κ2) is 7.75. The molecule has 2 N–H and O–H groups in total. The second-order valence-electron chi connectivity index (χ2n) is 6.49. The first-order valence-electron chi connectivity index (χ1n) is 8.22. The molecule has 0 aromatic heterocycles. The van der Waals surface area contributed by atoms with Crippen molar-refractivity contribution in [1.29, 1.82) is 0 Å². The average molecular weight is 304 g/mol. The molecule has 0 spiro atoms. The highest BCUT2D eigenvalue weighted by Gasteiger charge is 2.28. The maximum atomic E-state index is 12.3. The van der Waals surface area contributed by atoms with Gasteiger partial charge in [0.25, 0.3) is 0 Å². The molecule has 1 heterocycles. The highest BCUT2D eigenvalue weighted by molar-refractivity contribution is 5.81. The van der Waals surface area contributed by atoms with E-state index in [4.69, 9.17) is 0 Å². The molecular weight excluding hydrogens is 276 g/mol. The van der Waals surface area contributed by atoms with Crippen molar-refractivity contribution in [3.8, 4) is 0 Å². The third kappa shape index (κ3) is 4.55. The van der Waals surface area contributed by atoms with E-state index in [-0.39, 0.29) is 18.1 Å². The minimum absolute atomic E-state index is 0.0797. The Morgan fingerprint density at radius 2 is 1.86 bits per heavy atom. The summed E-state index contributed by atoms with van der Waals surface area (Å²) in [5.41, 5.74) is 2.35. The number of carbonyl (C=O) groups excluding carboxylic acids is 1. The topological polar surface area (TPSA) is 52.6 Å². The van der Waals surface area contributed by atoms with Crippen molar-refractivity contribution < 1.29 is 9.90 Å². The molecule has 22 heavy (non-hydrogen) atoms.